The van der Waals surface area contributed by atoms with Crippen LogP contribution in [0.5, 0.6) is 0 Å². The first-order valence-corrected chi connectivity index (χ1v) is 10.9. The van der Waals surface area contributed by atoms with Crippen LogP contribution in [0.4, 0.5) is 17.6 Å². The number of hydrogen-bond acceptors (Lipinski definition) is 1. The van der Waals surface area contributed by atoms with Crippen molar-refractivity contribution < 1.29 is 22.4 Å². The molecule has 1 amide bonds. The Balaban J connectivity index is 1.44. The Morgan fingerprint density at radius 1 is 0.968 bits per heavy atom. The summed E-state index contributed by atoms with van der Waals surface area (Å²) in [6.07, 6.45) is 4.58. The van der Waals surface area contributed by atoms with Crippen LogP contribution in [0.25, 0.3) is 0 Å². The van der Waals surface area contributed by atoms with E-state index in [0.29, 0.717) is 48.3 Å². The molecule has 0 aromatic heterocycles. The monoisotopic (exact) mass is 451 g/mol. The maximum absolute atomic E-state index is 14.8. The molecule has 0 heterocycles. The minimum Gasteiger partial charge on any atom is -0.293 e. The van der Waals surface area contributed by atoms with E-state index < -0.39 is 34.6 Å². The maximum Gasteiger partial charge on any atom is 0.352 e. The van der Waals surface area contributed by atoms with Crippen LogP contribution in [0.2, 0.25) is 5.02 Å². The third-order valence-electron chi connectivity index (χ3n) is 7.55. The molecule has 0 saturated heterocycles. The molecule has 2 atom stereocenters. The van der Waals surface area contributed by atoms with Crippen LogP contribution in [0, 0.1) is 28.9 Å². The molecule has 6 rings (SSSR count). The molecule has 31 heavy (non-hydrogen) atoms. The highest BCUT2D eigenvalue weighted by Gasteiger charge is 2.61. The highest BCUT2D eigenvalue weighted by molar-refractivity contribution is 6.30. The SMILES string of the molecule is O=C(NC(F)(F)c1ccc(F)c(F)c1)C12CC3CC(C1)CC(c1ccc(Cl)cc1)(C3)C2. The van der Waals surface area contributed by atoms with Crippen LogP contribution >= 0.6 is 11.6 Å². The Kier molecular flexibility index (Phi) is 4.67. The van der Waals surface area contributed by atoms with E-state index in [1.165, 1.54) is 0 Å². The van der Waals surface area contributed by atoms with Crippen molar-refractivity contribution in [3.63, 3.8) is 0 Å². The van der Waals surface area contributed by atoms with Gasteiger partial charge in [-0.25, -0.2) is 8.78 Å². The summed E-state index contributed by atoms with van der Waals surface area (Å²) in [7, 11) is 0. The zero-order valence-corrected chi connectivity index (χ0v) is 17.5. The first kappa shape index (κ1) is 20.8. The smallest absolute Gasteiger partial charge is 0.293 e. The van der Waals surface area contributed by atoms with Crippen LogP contribution in [0.15, 0.2) is 42.5 Å². The fourth-order valence-corrected chi connectivity index (χ4v) is 6.83. The van der Waals surface area contributed by atoms with Gasteiger partial charge in [0, 0.05) is 10.6 Å². The molecule has 7 heteroatoms. The van der Waals surface area contributed by atoms with Crippen LogP contribution in [0.1, 0.15) is 49.7 Å². The van der Waals surface area contributed by atoms with E-state index in [9.17, 15) is 22.4 Å². The number of hydrogen-bond donors (Lipinski definition) is 1. The Labute approximate surface area is 183 Å². The first-order chi connectivity index (χ1) is 14.6. The van der Waals surface area contributed by atoms with Gasteiger partial charge in [-0.3, -0.25) is 10.1 Å². The topological polar surface area (TPSA) is 29.1 Å². The summed E-state index contributed by atoms with van der Waals surface area (Å²) >= 11 is 6.05. The molecule has 4 bridgehead atoms. The minimum atomic E-state index is -3.79. The van der Waals surface area contributed by atoms with Gasteiger partial charge in [0.05, 0.1) is 5.41 Å². The van der Waals surface area contributed by atoms with Crippen molar-refractivity contribution in [3.05, 3.63) is 70.2 Å². The van der Waals surface area contributed by atoms with Crippen molar-refractivity contribution in [1.29, 1.82) is 0 Å². The van der Waals surface area contributed by atoms with E-state index in [-0.39, 0.29) is 5.41 Å². The lowest BCUT2D eigenvalue weighted by Crippen LogP contribution is -2.60. The van der Waals surface area contributed by atoms with Gasteiger partial charge in [0.1, 0.15) is 0 Å². The molecule has 1 N–H and O–H groups in total. The van der Waals surface area contributed by atoms with E-state index in [1.807, 2.05) is 29.6 Å². The van der Waals surface area contributed by atoms with Crippen molar-refractivity contribution in [1.82, 2.24) is 5.32 Å². The van der Waals surface area contributed by atoms with Crippen molar-refractivity contribution in [2.45, 2.75) is 50.0 Å². The van der Waals surface area contributed by atoms with Gasteiger partial charge in [-0.1, -0.05) is 23.7 Å². The Bertz CT molecular complexity index is 1020. The van der Waals surface area contributed by atoms with E-state index in [0.717, 1.165) is 30.9 Å². The van der Waals surface area contributed by atoms with Crippen LogP contribution in [-0.4, -0.2) is 5.91 Å². The summed E-state index contributed by atoms with van der Waals surface area (Å²) in [6, 6.07) is 5.72. The number of amides is 1. The number of alkyl halides is 2. The Morgan fingerprint density at radius 2 is 1.61 bits per heavy atom. The molecule has 0 spiro atoms. The van der Waals surface area contributed by atoms with Crippen molar-refractivity contribution in [2.24, 2.45) is 17.3 Å². The van der Waals surface area contributed by atoms with Crippen molar-refractivity contribution in [3.8, 4) is 0 Å². The fraction of sp³-hybridized carbons (Fsp3) is 0.458. The summed E-state index contributed by atoms with van der Waals surface area (Å²) in [6.45, 7) is 0. The predicted molar refractivity (Wildman–Crippen MR) is 109 cm³/mol. The molecular weight excluding hydrogens is 430 g/mol. The lowest BCUT2D eigenvalue weighted by atomic mass is 9.42. The summed E-state index contributed by atoms with van der Waals surface area (Å²) in [4.78, 5) is 13.3. The van der Waals surface area contributed by atoms with Gasteiger partial charge < -0.3 is 0 Å². The largest absolute Gasteiger partial charge is 0.352 e. The van der Waals surface area contributed by atoms with Gasteiger partial charge in [0.2, 0.25) is 5.91 Å². The van der Waals surface area contributed by atoms with E-state index in [1.54, 1.807) is 0 Å². The molecule has 2 aromatic rings. The van der Waals surface area contributed by atoms with Gasteiger partial charge in [0.25, 0.3) is 0 Å². The second-order valence-electron chi connectivity index (χ2n) is 9.69. The number of nitrogens with one attached hydrogen (secondary N) is 1. The highest BCUT2D eigenvalue weighted by atomic mass is 35.5. The van der Waals surface area contributed by atoms with Gasteiger partial charge in [0.15, 0.2) is 11.6 Å². The average molecular weight is 452 g/mol. The Morgan fingerprint density at radius 3 is 2.23 bits per heavy atom. The van der Waals surface area contributed by atoms with Crippen LogP contribution < -0.4 is 5.32 Å². The normalized spacial score (nSPS) is 31.6. The van der Waals surface area contributed by atoms with E-state index in [2.05, 4.69) is 0 Å². The first-order valence-electron chi connectivity index (χ1n) is 10.5. The predicted octanol–water partition coefficient (Wildman–Crippen LogP) is 6.32. The summed E-state index contributed by atoms with van der Waals surface area (Å²) < 4.78 is 56.3. The summed E-state index contributed by atoms with van der Waals surface area (Å²) in [5, 5.41) is 2.50. The summed E-state index contributed by atoms with van der Waals surface area (Å²) in [5.74, 6) is -2.67. The molecule has 4 aliphatic rings. The van der Waals surface area contributed by atoms with Crippen molar-refractivity contribution >= 4 is 17.5 Å². The van der Waals surface area contributed by atoms with E-state index >= 15 is 0 Å². The third kappa shape index (κ3) is 3.43. The quantitative estimate of drug-likeness (QED) is 0.427. The van der Waals surface area contributed by atoms with Gasteiger partial charge in [-0.05, 0) is 91.7 Å². The fourth-order valence-electron chi connectivity index (χ4n) is 6.71. The minimum absolute atomic E-state index is 0.219. The molecule has 2 aromatic carbocycles. The molecule has 4 saturated carbocycles. The maximum atomic E-state index is 14.8. The van der Waals surface area contributed by atoms with Crippen LogP contribution in [0.3, 0.4) is 0 Å². The number of halogens is 5. The molecule has 0 aliphatic heterocycles. The van der Waals surface area contributed by atoms with Crippen LogP contribution in [-0.2, 0) is 16.3 Å². The average Bonchev–Trinajstić information content (AvgIpc) is 2.69. The number of rotatable bonds is 4. The van der Waals surface area contributed by atoms with E-state index in [4.69, 9.17) is 11.6 Å². The zero-order valence-electron chi connectivity index (χ0n) is 16.7. The Hall–Kier alpha value is -2.08. The molecule has 2 unspecified atom stereocenters. The lowest BCUT2D eigenvalue weighted by Gasteiger charge is -2.61. The van der Waals surface area contributed by atoms with Gasteiger partial charge in [-0.2, -0.15) is 8.78 Å². The highest BCUT2D eigenvalue weighted by Crippen LogP contribution is 2.66. The lowest BCUT2D eigenvalue weighted by molar-refractivity contribution is -0.160. The third-order valence-corrected chi connectivity index (χ3v) is 7.80. The summed E-state index contributed by atoms with van der Waals surface area (Å²) in [5.41, 5.74) is -0.762. The molecule has 4 fully saturated rings. The second kappa shape index (κ2) is 6.96. The zero-order chi connectivity index (χ0) is 22.0. The molecular formula is C24H22ClF4NO. The van der Waals surface area contributed by atoms with Crippen molar-refractivity contribution in [2.75, 3.05) is 0 Å². The van der Waals surface area contributed by atoms with Gasteiger partial charge >= 0.3 is 6.05 Å². The molecule has 164 valence electrons. The standard InChI is InChI=1S/C24H22ClF4NO/c25-18-4-1-16(2-5-18)22-9-14-7-15(10-22)12-23(11-14,13-22)21(31)30-24(28,29)17-3-6-19(26)20(27)8-17/h1-6,8,14-15H,7,9-13H2,(H,30,31). The number of benzene rings is 2. The number of carbonyl (C=O) groups excluding carboxylic acids is 1. The molecule has 2 nitrogen and oxygen atoms in total. The second-order valence-corrected chi connectivity index (χ2v) is 10.1. The molecule has 4 aliphatic carbocycles. The molecule has 0 radical (unpaired) electrons. The number of carbonyl (C=O) groups is 1. The van der Waals surface area contributed by atoms with Gasteiger partial charge in [-0.15, -0.1) is 0 Å².